The van der Waals surface area contributed by atoms with E-state index in [1.807, 2.05) is 6.20 Å². The zero-order valence-corrected chi connectivity index (χ0v) is 31.2. The van der Waals surface area contributed by atoms with E-state index in [-0.39, 0.29) is 27.8 Å². The van der Waals surface area contributed by atoms with Crippen LogP contribution in [0.1, 0.15) is 107 Å². The number of hydrogen-bond donors (Lipinski definition) is 1. The van der Waals surface area contributed by atoms with E-state index >= 15 is 0 Å². The predicted molar refractivity (Wildman–Crippen MR) is 208 cm³/mol. The molecule has 1 fully saturated rings. The molecule has 5 aromatic rings. The molecule has 0 bridgehead atoms. The molecule has 5 aliphatic heterocycles. The molecule has 2 atom stereocenters. The van der Waals surface area contributed by atoms with E-state index in [0.29, 0.717) is 5.92 Å². The summed E-state index contributed by atoms with van der Waals surface area (Å²) >= 11 is 0. The maximum atomic E-state index is 6.92. The maximum Gasteiger partial charge on any atom is 0.141 e. The van der Waals surface area contributed by atoms with Gasteiger partial charge >= 0.3 is 0 Å². The summed E-state index contributed by atoms with van der Waals surface area (Å²) in [4.78, 5) is 10.1. The smallest absolute Gasteiger partial charge is 0.141 e. The second-order valence-corrected chi connectivity index (χ2v) is 17.7. The van der Waals surface area contributed by atoms with Crippen molar-refractivity contribution in [1.29, 1.82) is 0 Å². The zero-order chi connectivity index (χ0) is 35.2. The molecule has 51 heavy (non-hydrogen) atoms. The van der Waals surface area contributed by atoms with Crippen LogP contribution in [-0.4, -0.2) is 17.7 Å². The average Bonchev–Trinajstić information content (AvgIpc) is 3.11. The number of rotatable bonds is 2. The van der Waals surface area contributed by atoms with Gasteiger partial charge in [0.25, 0.3) is 0 Å². The summed E-state index contributed by atoms with van der Waals surface area (Å²) in [5.41, 5.74) is 14.0. The van der Waals surface area contributed by atoms with Gasteiger partial charge in [-0.05, 0) is 76.4 Å². The Hall–Kier alpha value is -4.61. The van der Waals surface area contributed by atoms with Gasteiger partial charge in [-0.1, -0.05) is 110 Å². The summed E-state index contributed by atoms with van der Waals surface area (Å²) in [5.74, 6) is 3.20. The van der Waals surface area contributed by atoms with E-state index in [0.717, 1.165) is 29.5 Å². The van der Waals surface area contributed by atoms with Crippen LogP contribution in [-0.2, 0) is 21.7 Å². The molecule has 10 rings (SSSR count). The highest BCUT2D eigenvalue weighted by atomic mass is 16.5. The fraction of sp³-hybridized carbons (Fsp3) is 0.370. The Morgan fingerprint density at radius 2 is 1.20 bits per heavy atom. The van der Waals surface area contributed by atoms with Gasteiger partial charge < -0.3 is 9.64 Å². The van der Waals surface area contributed by atoms with Crippen molar-refractivity contribution < 1.29 is 4.74 Å². The fourth-order valence-corrected chi connectivity index (χ4v) is 10.7. The quantitative estimate of drug-likeness (QED) is 0.202. The molecule has 258 valence electrons. The molecule has 0 spiro atoms. The van der Waals surface area contributed by atoms with Crippen molar-refractivity contribution in [2.24, 2.45) is 5.92 Å². The predicted octanol–water partition coefficient (Wildman–Crippen LogP) is 11.0. The van der Waals surface area contributed by atoms with Crippen LogP contribution in [0, 0.1) is 5.92 Å². The standard InChI is InChI=1S/C46H48N4O/c1-43(2)29-21-19-27(25-37(29)49-39-31(43)13-9-15-33(39)45(5,6)35-17-11-23-47-41(35)49)51-28-20-22-30-38(26-28)50-40-32(44(30,3)4)14-10-16-34(40)46(7,8)36-18-12-24-48-42(36)50/h9-11,13-17,19-23,25-26,36,42,48H,12,18,24H2,1-8H3. The number of nitrogens with zero attached hydrogens (tertiary/aromatic N) is 3. The lowest BCUT2D eigenvalue weighted by molar-refractivity contribution is 0.174. The Bertz CT molecular complexity index is 2280. The number of nitrogens with one attached hydrogen (secondary N) is 1. The molecule has 1 aromatic heterocycles. The summed E-state index contributed by atoms with van der Waals surface area (Å²) in [6.07, 6.45) is 4.60. The molecule has 2 unspecified atom stereocenters. The molecule has 0 radical (unpaired) electrons. The Morgan fingerprint density at radius 1 is 0.627 bits per heavy atom. The molecule has 0 aliphatic carbocycles. The van der Waals surface area contributed by atoms with Gasteiger partial charge in [0.15, 0.2) is 0 Å². The Labute approximate surface area is 302 Å². The summed E-state index contributed by atoms with van der Waals surface area (Å²) in [6, 6.07) is 31.6. The first kappa shape index (κ1) is 31.2. The van der Waals surface area contributed by atoms with Crippen LogP contribution >= 0.6 is 0 Å². The van der Waals surface area contributed by atoms with Crippen LogP contribution in [0.15, 0.2) is 91.1 Å². The number of fused-ring (bicyclic) bond motifs is 8. The van der Waals surface area contributed by atoms with Crippen molar-refractivity contribution in [3.63, 3.8) is 0 Å². The molecule has 4 aromatic carbocycles. The van der Waals surface area contributed by atoms with Crippen LogP contribution in [0.25, 0.3) is 0 Å². The lowest BCUT2D eigenvalue weighted by Gasteiger charge is -2.57. The van der Waals surface area contributed by atoms with Crippen LogP contribution in [0.3, 0.4) is 0 Å². The van der Waals surface area contributed by atoms with Crippen molar-refractivity contribution in [3.05, 3.63) is 130 Å². The van der Waals surface area contributed by atoms with Gasteiger partial charge in [0.1, 0.15) is 17.3 Å². The van der Waals surface area contributed by atoms with E-state index in [1.54, 1.807) is 0 Å². The average molecular weight is 673 g/mol. The van der Waals surface area contributed by atoms with E-state index in [2.05, 4.69) is 155 Å². The highest BCUT2D eigenvalue weighted by molar-refractivity contribution is 5.92. The molecule has 5 aliphatic rings. The first-order valence-electron chi connectivity index (χ1n) is 18.9. The third-order valence-corrected chi connectivity index (χ3v) is 13.6. The van der Waals surface area contributed by atoms with Crippen molar-refractivity contribution in [2.45, 2.75) is 96.1 Å². The minimum absolute atomic E-state index is 0.0775. The highest BCUT2D eigenvalue weighted by Gasteiger charge is 2.52. The van der Waals surface area contributed by atoms with Crippen LogP contribution in [0.5, 0.6) is 11.5 Å². The third kappa shape index (κ3) is 3.93. The van der Waals surface area contributed by atoms with Gasteiger partial charge in [0, 0.05) is 46.1 Å². The monoisotopic (exact) mass is 672 g/mol. The highest BCUT2D eigenvalue weighted by Crippen LogP contribution is 2.61. The van der Waals surface area contributed by atoms with Crippen molar-refractivity contribution in [3.8, 4) is 11.5 Å². The first-order valence-corrected chi connectivity index (χ1v) is 18.9. The van der Waals surface area contributed by atoms with Crippen molar-refractivity contribution in [1.82, 2.24) is 10.3 Å². The summed E-state index contributed by atoms with van der Waals surface area (Å²) in [5, 5.41) is 3.98. The topological polar surface area (TPSA) is 40.6 Å². The van der Waals surface area contributed by atoms with Gasteiger partial charge in [0.2, 0.25) is 0 Å². The summed E-state index contributed by atoms with van der Waals surface area (Å²) < 4.78 is 6.92. The molecular weight excluding hydrogens is 625 g/mol. The van der Waals surface area contributed by atoms with E-state index < -0.39 is 0 Å². The number of piperidine rings is 1. The molecular formula is C46H48N4O. The number of ether oxygens (including phenoxy) is 1. The number of pyridine rings is 1. The Morgan fingerprint density at radius 3 is 1.88 bits per heavy atom. The molecule has 6 heterocycles. The van der Waals surface area contributed by atoms with Gasteiger partial charge in [-0.25, -0.2) is 4.98 Å². The lowest BCUT2D eigenvalue weighted by atomic mass is 9.62. The van der Waals surface area contributed by atoms with Crippen LogP contribution in [0.4, 0.5) is 28.6 Å². The number of anilines is 5. The van der Waals surface area contributed by atoms with Gasteiger partial charge in [0.05, 0.1) is 28.9 Å². The largest absolute Gasteiger partial charge is 0.457 e. The number of para-hydroxylation sites is 2. The molecule has 0 saturated carbocycles. The third-order valence-electron chi connectivity index (χ3n) is 13.6. The van der Waals surface area contributed by atoms with E-state index in [1.165, 1.54) is 68.8 Å². The van der Waals surface area contributed by atoms with Crippen LogP contribution < -0.4 is 19.9 Å². The van der Waals surface area contributed by atoms with Gasteiger partial charge in [-0.3, -0.25) is 10.2 Å². The van der Waals surface area contributed by atoms with Crippen molar-refractivity contribution in [2.75, 3.05) is 16.3 Å². The normalized spacial score (nSPS) is 23.1. The molecule has 1 N–H and O–H groups in total. The molecule has 5 nitrogen and oxygen atoms in total. The second-order valence-electron chi connectivity index (χ2n) is 17.7. The summed E-state index contributed by atoms with van der Waals surface area (Å²) in [7, 11) is 0. The Kier molecular flexibility index (Phi) is 6.13. The van der Waals surface area contributed by atoms with E-state index in [4.69, 9.17) is 9.72 Å². The maximum absolute atomic E-state index is 6.92. The number of benzene rings is 4. The zero-order valence-electron chi connectivity index (χ0n) is 31.2. The van der Waals surface area contributed by atoms with Crippen molar-refractivity contribution >= 4 is 28.6 Å². The minimum Gasteiger partial charge on any atom is -0.457 e. The number of aromatic nitrogens is 1. The number of hydrogen-bond acceptors (Lipinski definition) is 5. The molecule has 5 heteroatoms. The molecule has 1 saturated heterocycles. The fourth-order valence-electron chi connectivity index (χ4n) is 10.7. The lowest BCUT2D eigenvalue weighted by Crippen LogP contribution is -2.61. The van der Waals surface area contributed by atoms with E-state index in [9.17, 15) is 0 Å². The minimum atomic E-state index is -0.188. The first-order chi connectivity index (χ1) is 24.3. The molecule has 0 amide bonds. The van der Waals surface area contributed by atoms with Gasteiger partial charge in [-0.15, -0.1) is 0 Å². The van der Waals surface area contributed by atoms with Gasteiger partial charge in [-0.2, -0.15) is 0 Å². The summed E-state index contributed by atoms with van der Waals surface area (Å²) in [6.45, 7) is 20.1. The van der Waals surface area contributed by atoms with Crippen LogP contribution in [0.2, 0.25) is 0 Å². The SMILES string of the molecule is CC1(C)c2ccc(Oc3ccc4c(c3)N3c5c(cccc5C(C)(C)C5CCCNC53)C4(C)C)cc2N2c3ncccc3C(C)(C)c3cccc1c32. The Balaban J connectivity index is 1.11. The second kappa shape index (κ2) is 10.0.